The predicted octanol–water partition coefficient (Wildman–Crippen LogP) is 4.59. The summed E-state index contributed by atoms with van der Waals surface area (Å²) in [6.45, 7) is 2.02. The summed E-state index contributed by atoms with van der Waals surface area (Å²) in [5.41, 5.74) is 1.81. The van der Waals surface area contributed by atoms with Crippen molar-refractivity contribution in [3.63, 3.8) is 0 Å². The zero-order valence-electron chi connectivity index (χ0n) is 12.1. The summed E-state index contributed by atoms with van der Waals surface area (Å²) in [6, 6.07) is 11.3. The maximum absolute atomic E-state index is 12.5. The second kappa shape index (κ2) is 6.86. The normalized spacial score (nSPS) is 16.0. The number of anilines is 1. The van der Waals surface area contributed by atoms with Gasteiger partial charge in [-0.1, -0.05) is 19.1 Å². The molecule has 3 nitrogen and oxygen atoms in total. The van der Waals surface area contributed by atoms with E-state index in [0.29, 0.717) is 14.5 Å². The highest BCUT2D eigenvalue weighted by atomic mass is 32.2. The Morgan fingerprint density at radius 1 is 1.18 bits per heavy atom. The van der Waals surface area contributed by atoms with E-state index in [1.165, 1.54) is 16.9 Å². The Morgan fingerprint density at radius 3 is 2.64 bits per heavy atom. The second-order valence-corrected chi connectivity index (χ2v) is 10.7. The van der Waals surface area contributed by atoms with E-state index in [-0.39, 0.29) is 0 Å². The zero-order valence-corrected chi connectivity index (χ0v) is 15.4. The van der Waals surface area contributed by atoms with Gasteiger partial charge < -0.3 is 0 Å². The molecule has 0 spiro atoms. The van der Waals surface area contributed by atoms with Crippen LogP contribution in [0.3, 0.4) is 0 Å². The fourth-order valence-electron chi connectivity index (χ4n) is 2.20. The number of nitrogens with one attached hydrogen (secondary N) is 1. The summed E-state index contributed by atoms with van der Waals surface area (Å²) in [5.74, 6) is 2.31. The minimum Gasteiger partial charge on any atom is -0.279 e. The second-order valence-electron chi connectivity index (χ2n) is 4.88. The van der Waals surface area contributed by atoms with Crippen LogP contribution >= 0.6 is 34.9 Å². The lowest BCUT2D eigenvalue weighted by molar-refractivity contribution is 0.603. The summed E-state index contributed by atoms with van der Waals surface area (Å²) in [7, 11) is -3.49. The van der Waals surface area contributed by atoms with Crippen LogP contribution in [0, 0.1) is 0 Å². The van der Waals surface area contributed by atoms with E-state index < -0.39 is 10.0 Å². The fourth-order valence-corrected chi connectivity index (χ4v) is 7.38. The number of hydrogen-bond donors (Lipinski definition) is 1. The third kappa shape index (κ3) is 3.64. The van der Waals surface area contributed by atoms with Crippen molar-refractivity contribution in [2.75, 3.05) is 16.2 Å². The van der Waals surface area contributed by atoms with Gasteiger partial charge in [0.1, 0.15) is 4.21 Å². The van der Waals surface area contributed by atoms with Crippen molar-refractivity contribution < 1.29 is 8.42 Å². The predicted molar refractivity (Wildman–Crippen MR) is 98.6 cm³/mol. The number of rotatable bonds is 5. The highest BCUT2D eigenvalue weighted by molar-refractivity contribution is 8.19. The molecule has 0 atom stereocenters. The van der Waals surface area contributed by atoms with Crippen LogP contribution in [0.2, 0.25) is 0 Å². The molecule has 0 bridgehead atoms. The van der Waals surface area contributed by atoms with Crippen LogP contribution < -0.4 is 4.72 Å². The molecule has 1 saturated heterocycles. The minimum absolute atomic E-state index is 0.374. The van der Waals surface area contributed by atoms with Crippen LogP contribution in [-0.2, 0) is 16.4 Å². The van der Waals surface area contributed by atoms with Crippen molar-refractivity contribution in [3.8, 4) is 0 Å². The Hall–Kier alpha value is -0.630. The SMILES string of the molecule is CCc1ccc(S(=O)(=O)Nc2cccc(C3SCCS3)c2)s1. The first-order valence-corrected chi connectivity index (χ1v) is 11.4. The Balaban J connectivity index is 1.81. The molecule has 0 amide bonds. The largest absolute Gasteiger partial charge is 0.279 e. The number of thiophene rings is 1. The van der Waals surface area contributed by atoms with Crippen molar-refractivity contribution in [2.45, 2.75) is 22.1 Å². The smallest absolute Gasteiger partial charge is 0.271 e. The summed E-state index contributed by atoms with van der Waals surface area (Å²) in [5, 5.41) is 0. The topological polar surface area (TPSA) is 46.2 Å². The average molecular weight is 372 g/mol. The lowest BCUT2D eigenvalue weighted by Crippen LogP contribution is -2.11. The number of sulfonamides is 1. The third-order valence-corrected chi connectivity index (χ3v) is 9.49. The van der Waals surface area contributed by atoms with Gasteiger partial charge in [-0.2, -0.15) is 0 Å². The molecule has 2 heterocycles. The maximum Gasteiger partial charge on any atom is 0.271 e. The highest BCUT2D eigenvalue weighted by Crippen LogP contribution is 2.45. The molecule has 1 N–H and O–H groups in total. The maximum atomic E-state index is 12.5. The molecule has 0 saturated carbocycles. The van der Waals surface area contributed by atoms with E-state index >= 15 is 0 Å². The molecule has 118 valence electrons. The van der Waals surface area contributed by atoms with Crippen LogP contribution in [0.1, 0.15) is 21.9 Å². The summed E-state index contributed by atoms with van der Waals surface area (Å²) in [6.07, 6.45) is 0.853. The molecule has 2 aromatic rings. The van der Waals surface area contributed by atoms with Gasteiger partial charge in [0.25, 0.3) is 10.0 Å². The average Bonchev–Trinajstić information content (AvgIpc) is 3.19. The van der Waals surface area contributed by atoms with Gasteiger partial charge in [0.15, 0.2) is 0 Å². The lowest BCUT2D eigenvalue weighted by Gasteiger charge is -2.11. The molecule has 0 radical (unpaired) electrons. The van der Waals surface area contributed by atoms with E-state index in [1.54, 1.807) is 12.1 Å². The molecule has 0 aliphatic carbocycles. The van der Waals surface area contributed by atoms with E-state index in [4.69, 9.17) is 0 Å². The van der Waals surface area contributed by atoms with Gasteiger partial charge >= 0.3 is 0 Å². The Morgan fingerprint density at radius 2 is 1.95 bits per heavy atom. The first kappa shape index (κ1) is 16.2. The molecular weight excluding hydrogens is 354 g/mol. The molecule has 0 unspecified atom stereocenters. The monoisotopic (exact) mass is 371 g/mol. The molecule has 1 aliphatic rings. The lowest BCUT2D eigenvalue weighted by atomic mass is 10.2. The zero-order chi connectivity index (χ0) is 15.6. The highest BCUT2D eigenvalue weighted by Gasteiger charge is 2.20. The first-order chi connectivity index (χ1) is 10.6. The van der Waals surface area contributed by atoms with Gasteiger partial charge in [0, 0.05) is 22.1 Å². The Kier molecular flexibility index (Phi) is 5.07. The van der Waals surface area contributed by atoms with Crippen LogP contribution in [0.25, 0.3) is 0 Å². The van der Waals surface area contributed by atoms with Crippen LogP contribution in [0.4, 0.5) is 5.69 Å². The van der Waals surface area contributed by atoms with Gasteiger partial charge in [-0.3, -0.25) is 4.72 Å². The van der Waals surface area contributed by atoms with Gasteiger partial charge in [-0.05, 0) is 36.2 Å². The minimum atomic E-state index is -3.49. The molecule has 3 rings (SSSR count). The van der Waals surface area contributed by atoms with Crippen molar-refractivity contribution in [1.29, 1.82) is 0 Å². The Labute approximate surface area is 144 Å². The number of thioether (sulfide) groups is 2. The molecule has 7 heteroatoms. The van der Waals surface area contributed by atoms with Crippen LogP contribution in [0.15, 0.2) is 40.6 Å². The Bertz CT molecular complexity index is 748. The van der Waals surface area contributed by atoms with Gasteiger partial charge in [0.2, 0.25) is 0 Å². The third-order valence-electron chi connectivity index (χ3n) is 3.28. The van der Waals surface area contributed by atoms with Crippen molar-refractivity contribution in [2.24, 2.45) is 0 Å². The van der Waals surface area contributed by atoms with Gasteiger partial charge in [-0.25, -0.2) is 8.42 Å². The quantitative estimate of drug-likeness (QED) is 0.835. The van der Waals surface area contributed by atoms with Gasteiger partial charge in [-0.15, -0.1) is 34.9 Å². The number of aryl methyl sites for hydroxylation is 1. The van der Waals surface area contributed by atoms with Gasteiger partial charge in [0.05, 0.1) is 4.58 Å². The van der Waals surface area contributed by atoms with E-state index in [9.17, 15) is 8.42 Å². The summed E-state index contributed by atoms with van der Waals surface area (Å²) >= 11 is 5.16. The number of hydrogen-bond acceptors (Lipinski definition) is 5. The summed E-state index contributed by atoms with van der Waals surface area (Å²) < 4.78 is 28.4. The van der Waals surface area contributed by atoms with E-state index in [2.05, 4.69) is 10.8 Å². The standard InChI is InChI=1S/C15H17NO2S4/c1-2-13-6-7-14(21-13)22(17,18)16-12-5-3-4-11(10-12)15-19-8-9-20-15/h3-7,10,15-16H,2,8-9H2,1H3. The van der Waals surface area contributed by atoms with Crippen molar-refractivity contribution in [1.82, 2.24) is 0 Å². The van der Waals surface area contributed by atoms with E-state index in [1.807, 2.05) is 48.6 Å². The molecule has 1 aromatic carbocycles. The van der Waals surface area contributed by atoms with Crippen molar-refractivity contribution >= 4 is 50.6 Å². The van der Waals surface area contributed by atoms with E-state index in [0.717, 1.165) is 22.8 Å². The fraction of sp³-hybridized carbons (Fsp3) is 0.333. The first-order valence-electron chi connectivity index (χ1n) is 7.03. The van der Waals surface area contributed by atoms with Crippen molar-refractivity contribution in [3.05, 3.63) is 46.8 Å². The number of benzene rings is 1. The molecule has 1 fully saturated rings. The molecule has 1 aromatic heterocycles. The van der Waals surface area contributed by atoms with Crippen LogP contribution in [0.5, 0.6) is 0 Å². The molecule has 1 aliphatic heterocycles. The molecule has 22 heavy (non-hydrogen) atoms. The molecular formula is C15H17NO2S4. The summed E-state index contributed by atoms with van der Waals surface area (Å²) in [4.78, 5) is 1.08. The van der Waals surface area contributed by atoms with Crippen LogP contribution in [-0.4, -0.2) is 19.9 Å².